The van der Waals surface area contributed by atoms with Gasteiger partial charge >= 0.3 is 6.09 Å². The van der Waals surface area contributed by atoms with Crippen LogP contribution in [0.25, 0.3) is 11.0 Å². The summed E-state index contributed by atoms with van der Waals surface area (Å²) < 4.78 is 0. The molecule has 1 aliphatic heterocycles. The molecule has 0 radical (unpaired) electrons. The molecule has 0 spiro atoms. The van der Waals surface area contributed by atoms with Gasteiger partial charge in [-0.15, -0.1) is 0 Å². The molecule has 1 amide bonds. The minimum Gasteiger partial charge on any atom is -0.465 e. The Morgan fingerprint density at radius 2 is 1.96 bits per heavy atom. The van der Waals surface area contributed by atoms with Gasteiger partial charge in [-0.2, -0.15) is 5.26 Å². The first-order chi connectivity index (χ1) is 12.2. The number of aromatic nitrogens is 2. The first kappa shape index (κ1) is 15.6. The number of rotatable bonds is 3. The number of anilines is 1. The molecule has 2 unspecified atom stereocenters. The second kappa shape index (κ2) is 6.20. The van der Waals surface area contributed by atoms with Crippen molar-refractivity contribution < 1.29 is 9.90 Å². The SMILES string of the molecule is N#Cc1ccc(N2CC(NC(=O)O)CC(C3CC3)C2)c2nccnc12. The zero-order valence-electron chi connectivity index (χ0n) is 13.7. The quantitative estimate of drug-likeness (QED) is 0.891. The number of benzene rings is 1. The summed E-state index contributed by atoms with van der Waals surface area (Å²) in [5, 5.41) is 21.1. The predicted octanol–water partition coefficient (Wildman–Crippen LogP) is 2.37. The molecule has 1 saturated heterocycles. The highest BCUT2D eigenvalue weighted by Crippen LogP contribution is 2.42. The summed E-state index contributed by atoms with van der Waals surface area (Å²) >= 11 is 0. The van der Waals surface area contributed by atoms with Gasteiger partial charge in [0.15, 0.2) is 0 Å². The van der Waals surface area contributed by atoms with Gasteiger partial charge in [-0.1, -0.05) is 0 Å². The summed E-state index contributed by atoms with van der Waals surface area (Å²) in [5.74, 6) is 1.17. The van der Waals surface area contributed by atoms with Crippen LogP contribution >= 0.6 is 0 Å². The Kier molecular flexibility index (Phi) is 3.88. The van der Waals surface area contributed by atoms with E-state index in [2.05, 4.69) is 26.3 Å². The molecule has 0 bridgehead atoms. The van der Waals surface area contributed by atoms with Crippen molar-refractivity contribution in [2.75, 3.05) is 18.0 Å². The van der Waals surface area contributed by atoms with Crippen molar-refractivity contribution in [2.45, 2.75) is 25.3 Å². The van der Waals surface area contributed by atoms with Gasteiger partial charge in [0, 0.05) is 25.5 Å². The van der Waals surface area contributed by atoms with E-state index in [1.807, 2.05) is 6.07 Å². The van der Waals surface area contributed by atoms with Gasteiger partial charge in [-0.05, 0) is 43.2 Å². The van der Waals surface area contributed by atoms with Crippen molar-refractivity contribution in [3.05, 3.63) is 30.1 Å². The molecule has 7 heteroatoms. The molecule has 2 fully saturated rings. The Hall–Kier alpha value is -2.88. The van der Waals surface area contributed by atoms with Crippen LogP contribution in [0, 0.1) is 23.2 Å². The summed E-state index contributed by atoms with van der Waals surface area (Å²) in [7, 11) is 0. The van der Waals surface area contributed by atoms with Gasteiger partial charge in [0.05, 0.1) is 17.3 Å². The van der Waals surface area contributed by atoms with Crippen molar-refractivity contribution in [3.63, 3.8) is 0 Å². The summed E-state index contributed by atoms with van der Waals surface area (Å²) in [6.07, 6.45) is 5.57. The van der Waals surface area contributed by atoms with Crippen LogP contribution in [0.3, 0.4) is 0 Å². The molecule has 2 N–H and O–H groups in total. The topological polar surface area (TPSA) is 102 Å². The van der Waals surface area contributed by atoms with Gasteiger partial charge in [-0.25, -0.2) is 4.79 Å². The van der Waals surface area contributed by atoms with Crippen LogP contribution < -0.4 is 10.2 Å². The fourth-order valence-corrected chi connectivity index (χ4v) is 3.91. The highest BCUT2D eigenvalue weighted by Gasteiger charge is 2.38. The lowest BCUT2D eigenvalue weighted by Crippen LogP contribution is -2.51. The fraction of sp³-hybridized carbons (Fsp3) is 0.444. The van der Waals surface area contributed by atoms with E-state index >= 15 is 0 Å². The summed E-state index contributed by atoms with van der Waals surface area (Å²) in [6, 6.07) is 5.74. The van der Waals surface area contributed by atoms with E-state index in [0.29, 0.717) is 35.0 Å². The first-order valence-electron chi connectivity index (χ1n) is 8.54. The van der Waals surface area contributed by atoms with E-state index < -0.39 is 6.09 Å². The van der Waals surface area contributed by atoms with Crippen molar-refractivity contribution >= 4 is 22.8 Å². The zero-order valence-corrected chi connectivity index (χ0v) is 13.7. The molecule has 1 saturated carbocycles. The van der Waals surface area contributed by atoms with E-state index in [0.717, 1.165) is 18.7 Å². The third kappa shape index (κ3) is 3.07. The Balaban J connectivity index is 1.71. The highest BCUT2D eigenvalue weighted by molar-refractivity contribution is 5.92. The van der Waals surface area contributed by atoms with Crippen LogP contribution in [0.15, 0.2) is 24.5 Å². The van der Waals surface area contributed by atoms with Crippen LogP contribution in [0.4, 0.5) is 10.5 Å². The third-order valence-electron chi connectivity index (χ3n) is 5.16. The van der Waals surface area contributed by atoms with Crippen molar-refractivity contribution in [1.29, 1.82) is 5.26 Å². The molecule has 2 heterocycles. The number of hydrogen-bond donors (Lipinski definition) is 2. The monoisotopic (exact) mass is 337 g/mol. The number of fused-ring (bicyclic) bond motifs is 1. The maximum absolute atomic E-state index is 11.1. The van der Waals surface area contributed by atoms with E-state index in [1.54, 1.807) is 18.5 Å². The molecule has 128 valence electrons. The number of nitriles is 1. The molecule has 2 aromatic rings. The molecule has 1 aromatic carbocycles. The van der Waals surface area contributed by atoms with Crippen LogP contribution in [0.2, 0.25) is 0 Å². The van der Waals surface area contributed by atoms with Crippen molar-refractivity contribution in [2.24, 2.45) is 11.8 Å². The van der Waals surface area contributed by atoms with Crippen molar-refractivity contribution in [1.82, 2.24) is 15.3 Å². The zero-order chi connectivity index (χ0) is 17.4. The number of amides is 1. The first-order valence-corrected chi connectivity index (χ1v) is 8.54. The molecule has 1 aromatic heterocycles. The van der Waals surface area contributed by atoms with E-state index in [1.165, 1.54) is 12.8 Å². The van der Waals surface area contributed by atoms with Crippen molar-refractivity contribution in [3.8, 4) is 6.07 Å². The van der Waals surface area contributed by atoms with Gasteiger partial charge in [0.25, 0.3) is 0 Å². The maximum Gasteiger partial charge on any atom is 0.404 e. The lowest BCUT2D eigenvalue weighted by atomic mass is 9.89. The van der Waals surface area contributed by atoms with Crippen LogP contribution in [0.5, 0.6) is 0 Å². The maximum atomic E-state index is 11.1. The van der Waals surface area contributed by atoms with Gasteiger partial charge in [0.1, 0.15) is 17.1 Å². The standard InChI is InChI=1S/C18H19N5O2/c19-8-12-3-4-15(17-16(12)20-5-6-21-17)23-9-13(11-1-2-11)7-14(10-23)22-18(24)25/h3-6,11,13-14,22H,1-2,7,9-10H2,(H,24,25). The Morgan fingerprint density at radius 1 is 1.20 bits per heavy atom. The minimum atomic E-state index is -0.981. The molecule has 7 nitrogen and oxygen atoms in total. The van der Waals surface area contributed by atoms with Gasteiger partial charge in [-0.3, -0.25) is 9.97 Å². The number of carboxylic acid groups (broad SMARTS) is 1. The third-order valence-corrected chi connectivity index (χ3v) is 5.16. The molecular formula is C18H19N5O2. The Labute approximate surface area is 145 Å². The number of nitrogens with zero attached hydrogens (tertiary/aromatic N) is 4. The van der Waals surface area contributed by atoms with E-state index in [9.17, 15) is 10.1 Å². The number of piperidine rings is 1. The predicted molar refractivity (Wildman–Crippen MR) is 92.2 cm³/mol. The minimum absolute atomic E-state index is 0.0979. The number of hydrogen-bond acceptors (Lipinski definition) is 5. The van der Waals surface area contributed by atoms with E-state index in [-0.39, 0.29) is 6.04 Å². The number of carbonyl (C=O) groups is 1. The second-order valence-electron chi connectivity index (χ2n) is 6.88. The highest BCUT2D eigenvalue weighted by atomic mass is 16.4. The molecule has 2 aliphatic rings. The Bertz CT molecular complexity index is 858. The second-order valence-corrected chi connectivity index (χ2v) is 6.88. The largest absolute Gasteiger partial charge is 0.465 e. The molecule has 2 atom stereocenters. The average molecular weight is 337 g/mol. The normalized spacial score (nSPS) is 23.2. The lowest BCUT2D eigenvalue weighted by molar-refractivity contribution is 0.184. The fourth-order valence-electron chi connectivity index (χ4n) is 3.91. The van der Waals surface area contributed by atoms with Gasteiger partial charge < -0.3 is 15.3 Å². The van der Waals surface area contributed by atoms with E-state index in [4.69, 9.17) is 5.11 Å². The Morgan fingerprint density at radius 3 is 2.64 bits per heavy atom. The lowest BCUT2D eigenvalue weighted by Gasteiger charge is -2.39. The van der Waals surface area contributed by atoms with Crippen LogP contribution in [-0.4, -0.2) is 40.3 Å². The average Bonchev–Trinajstić information content (AvgIpc) is 3.45. The van der Waals surface area contributed by atoms with Gasteiger partial charge in [0.2, 0.25) is 0 Å². The summed E-state index contributed by atoms with van der Waals surface area (Å²) in [4.78, 5) is 22.1. The van der Waals surface area contributed by atoms with Crippen LogP contribution in [-0.2, 0) is 0 Å². The molecule has 25 heavy (non-hydrogen) atoms. The summed E-state index contributed by atoms with van der Waals surface area (Å²) in [5.41, 5.74) is 2.72. The molecule has 4 rings (SSSR count). The smallest absolute Gasteiger partial charge is 0.404 e. The van der Waals surface area contributed by atoms with Crippen LogP contribution in [0.1, 0.15) is 24.8 Å². The molecular weight excluding hydrogens is 318 g/mol. The summed E-state index contributed by atoms with van der Waals surface area (Å²) in [6.45, 7) is 1.49. The number of nitrogens with one attached hydrogen (secondary N) is 1. The molecule has 1 aliphatic carbocycles.